The van der Waals surface area contributed by atoms with E-state index in [-0.39, 0.29) is 0 Å². The number of morpholine rings is 1. The lowest BCUT2D eigenvalue weighted by Gasteiger charge is -2.41. The Morgan fingerprint density at radius 2 is 1.92 bits per heavy atom. The number of hydrogen-bond donors (Lipinski definition) is 1. The largest absolute Gasteiger partial charge is 0.387 e. The van der Waals surface area contributed by atoms with Gasteiger partial charge in [-0.1, -0.05) is 36.4 Å². The van der Waals surface area contributed by atoms with Crippen LogP contribution in [0.2, 0.25) is 0 Å². The molecule has 1 aliphatic rings. The fourth-order valence-electron chi connectivity index (χ4n) is 3.14. The van der Waals surface area contributed by atoms with Crippen LogP contribution < -0.4 is 0 Å². The van der Waals surface area contributed by atoms with Gasteiger partial charge in [0.15, 0.2) is 11.6 Å². The molecule has 3 nitrogen and oxygen atoms in total. The van der Waals surface area contributed by atoms with E-state index in [1.54, 1.807) is 0 Å². The molecule has 2 atom stereocenters. The molecule has 24 heavy (non-hydrogen) atoms. The first-order valence-corrected chi connectivity index (χ1v) is 8.03. The minimum absolute atomic E-state index is 0.344. The minimum atomic E-state index is -0.942. The number of ether oxygens (including phenoxy) is 1. The van der Waals surface area contributed by atoms with E-state index in [0.717, 1.165) is 17.7 Å². The van der Waals surface area contributed by atoms with Gasteiger partial charge in [-0.25, -0.2) is 8.78 Å². The maximum absolute atomic E-state index is 13.3. The number of benzene rings is 2. The second kappa shape index (κ2) is 6.97. The van der Waals surface area contributed by atoms with Crippen molar-refractivity contribution in [3.63, 3.8) is 0 Å². The van der Waals surface area contributed by atoms with Crippen LogP contribution in [-0.2, 0) is 10.3 Å². The van der Waals surface area contributed by atoms with Crippen LogP contribution >= 0.6 is 0 Å². The molecule has 2 aromatic rings. The van der Waals surface area contributed by atoms with E-state index in [4.69, 9.17) is 4.74 Å². The lowest BCUT2D eigenvalue weighted by molar-refractivity contribution is -0.109. The van der Waals surface area contributed by atoms with E-state index < -0.39 is 23.3 Å². The van der Waals surface area contributed by atoms with Crippen LogP contribution in [-0.4, -0.2) is 36.2 Å². The first-order valence-electron chi connectivity index (χ1n) is 8.03. The Hall–Kier alpha value is -1.82. The molecule has 0 saturated carbocycles. The monoisotopic (exact) mass is 333 g/mol. The summed E-state index contributed by atoms with van der Waals surface area (Å²) in [4.78, 5) is 2.09. The number of aliphatic hydroxyl groups excluding tert-OH is 1. The van der Waals surface area contributed by atoms with Crippen molar-refractivity contribution in [2.24, 2.45) is 0 Å². The van der Waals surface area contributed by atoms with Gasteiger partial charge in [0.25, 0.3) is 0 Å². The Labute approximate surface area is 140 Å². The van der Waals surface area contributed by atoms with Crippen LogP contribution in [0.1, 0.15) is 24.2 Å². The van der Waals surface area contributed by atoms with Gasteiger partial charge in [0, 0.05) is 19.6 Å². The van der Waals surface area contributed by atoms with Gasteiger partial charge in [-0.3, -0.25) is 4.90 Å². The molecular formula is C19H21F2NO2. The summed E-state index contributed by atoms with van der Waals surface area (Å²) in [6.07, 6.45) is -0.877. The summed E-state index contributed by atoms with van der Waals surface area (Å²) >= 11 is 0. The summed E-state index contributed by atoms with van der Waals surface area (Å²) in [6, 6.07) is 13.5. The summed E-state index contributed by atoms with van der Waals surface area (Å²) in [5.74, 6) is -1.85. The van der Waals surface area contributed by atoms with Gasteiger partial charge in [-0.05, 0) is 30.2 Å². The second-order valence-corrected chi connectivity index (χ2v) is 6.37. The lowest BCUT2D eigenvalue weighted by atomic mass is 9.93. The molecule has 0 aromatic heterocycles. The quantitative estimate of drug-likeness (QED) is 0.932. The molecular weight excluding hydrogens is 312 g/mol. The fraction of sp³-hybridized carbons (Fsp3) is 0.368. The van der Waals surface area contributed by atoms with Crippen molar-refractivity contribution < 1.29 is 18.6 Å². The Kier molecular flexibility index (Phi) is 4.94. The second-order valence-electron chi connectivity index (χ2n) is 6.37. The van der Waals surface area contributed by atoms with Crippen LogP contribution in [0.5, 0.6) is 0 Å². The van der Waals surface area contributed by atoms with Crippen molar-refractivity contribution in [2.75, 3.05) is 26.2 Å². The number of nitrogens with zero attached hydrogens (tertiary/aromatic N) is 1. The third-order valence-electron chi connectivity index (χ3n) is 4.50. The predicted molar refractivity (Wildman–Crippen MR) is 87.5 cm³/mol. The minimum Gasteiger partial charge on any atom is -0.387 e. The molecule has 1 fully saturated rings. The van der Waals surface area contributed by atoms with Gasteiger partial charge in [0.2, 0.25) is 0 Å². The zero-order valence-electron chi connectivity index (χ0n) is 13.6. The number of aliphatic hydroxyl groups is 1. The molecule has 3 rings (SSSR count). The van der Waals surface area contributed by atoms with Gasteiger partial charge in [-0.2, -0.15) is 0 Å². The average molecular weight is 333 g/mol. The van der Waals surface area contributed by atoms with E-state index in [2.05, 4.69) is 4.90 Å². The maximum Gasteiger partial charge on any atom is 0.159 e. The van der Waals surface area contributed by atoms with Crippen molar-refractivity contribution >= 4 is 0 Å². The van der Waals surface area contributed by atoms with Crippen molar-refractivity contribution in [1.82, 2.24) is 4.90 Å². The van der Waals surface area contributed by atoms with Crippen LogP contribution in [0.25, 0.3) is 0 Å². The SMILES string of the molecule is CC1(c2ccccc2)CN(CC(O)c2ccc(F)c(F)c2)CCO1. The van der Waals surface area contributed by atoms with Crippen LogP contribution in [0, 0.1) is 11.6 Å². The molecule has 0 aliphatic carbocycles. The highest BCUT2D eigenvalue weighted by Crippen LogP contribution is 2.30. The molecule has 128 valence electrons. The number of hydrogen-bond acceptors (Lipinski definition) is 3. The normalized spacial score (nSPS) is 23.2. The zero-order valence-corrected chi connectivity index (χ0v) is 13.6. The van der Waals surface area contributed by atoms with E-state index >= 15 is 0 Å². The molecule has 1 N–H and O–H groups in total. The maximum atomic E-state index is 13.3. The highest BCUT2D eigenvalue weighted by molar-refractivity contribution is 5.23. The molecule has 0 radical (unpaired) electrons. The fourth-order valence-corrected chi connectivity index (χ4v) is 3.14. The van der Waals surface area contributed by atoms with Crippen molar-refractivity contribution in [2.45, 2.75) is 18.6 Å². The Bertz CT molecular complexity index is 695. The summed E-state index contributed by atoms with van der Waals surface area (Å²) < 4.78 is 32.3. The molecule has 2 aromatic carbocycles. The number of β-amino-alcohol motifs (C(OH)–C–C–N with tert-alkyl or cyclic N) is 1. The summed E-state index contributed by atoms with van der Waals surface area (Å²) in [5, 5.41) is 10.4. The van der Waals surface area contributed by atoms with Crippen LogP contribution in [0.15, 0.2) is 48.5 Å². The molecule has 1 heterocycles. The van der Waals surface area contributed by atoms with Crippen molar-refractivity contribution in [1.29, 1.82) is 0 Å². The molecule has 0 amide bonds. The number of rotatable bonds is 4. The smallest absolute Gasteiger partial charge is 0.159 e. The van der Waals surface area contributed by atoms with Gasteiger partial charge >= 0.3 is 0 Å². The topological polar surface area (TPSA) is 32.7 Å². The number of halogens is 2. The Morgan fingerprint density at radius 3 is 2.62 bits per heavy atom. The zero-order chi connectivity index (χ0) is 17.2. The molecule has 1 aliphatic heterocycles. The third-order valence-corrected chi connectivity index (χ3v) is 4.50. The third kappa shape index (κ3) is 3.64. The van der Waals surface area contributed by atoms with E-state index in [9.17, 15) is 13.9 Å². The van der Waals surface area contributed by atoms with Crippen molar-refractivity contribution in [3.05, 3.63) is 71.3 Å². The summed E-state index contributed by atoms with van der Waals surface area (Å²) in [6.45, 7) is 4.23. The van der Waals surface area contributed by atoms with Crippen LogP contribution in [0.4, 0.5) is 8.78 Å². The lowest BCUT2D eigenvalue weighted by Crippen LogP contribution is -2.49. The van der Waals surface area contributed by atoms with Gasteiger partial charge in [0.1, 0.15) is 5.60 Å². The molecule has 2 unspecified atom stereocenters. The first kappa shape index (κ1) is 17.0. The Morgan fingerprint density at radius 1 is 1.17 bits per heavy atom. The molecule has 5 heteroatoms. The van der Waals surface area contributed by atoms with Gasteiger partial charge in [-0.15, -0.1) is 0 Å². The summed E-state index contributed by atoms with van der Waals surface area (Å²) in [7, 11) is 0. The van der Waals surface area contributed by atoms with Crippen LogP contribution in [0.3, 0.4) is 0 Å². The van der Waals surface area contributed by atoms with Gasteiger partial charge < -0.3 is 9.84 Å². The Balaban J connectivity index is 1.70. The summed E-state index contributed by atoms with van der Waals surface area (Å²) in [5.41, 5.74) is 1.01. The average Bonchev–Trinajstić information content (AvgIpc) is 2.58. The van der Waals surface area contributed by atoms with E-state index in [1.807, 2.05) is 37.3 Å². The van der Waals surface area contributed by atoms with E-state index in [1.165, 1.54) is 6.07 Å². The highest BCUT2D eigenvalue weighted by atomic mass is 19.2. The highest BCUT2D eigenvalue weighted by Gasteiger charge is 2.34. The van der Waals surface area contributed by atoms with Crippen molar-refractivity contribution in [3.8, 4) is 0 Å². The molecule has 0 bridgehead atoms. The predicted octanol–water partition coefficient (Wildman–Crippen LogP) is 3.25. The standard InChI is InChI=1S/C19H21F2NO2/c1-19(15-5-3-2-4-6-15)13-22(9-10-24-19)12-18(23)14-7-8-16(20)17(21)11-14/h2-8,11,18,23H,9-10,12-13H2,1H3. The molecule has 1 saturated heterocycles. The molecule has 0 spiro atoms. The van der Waals surface area contributed by atoms with E-state index in [0.29, 0.717) is 31.8 Å². The first-order chi connectivity index (χ1) is 11.5. The van der Waals surface area contributed by atoms with Gasteiger partial charge in [0.05, 0.1) is 12.7 Å².